The minimum atomic E-state index is -0.866. The number of nitrogens with one attached hydrogen (secondary N) is 1. The number of fused-ring (bicyclic) bond motifs is 1. The van der Waals surface area contributed by atoms with Crippen molar-refractivity contribution >= 4 is 39.7 Å². The molecule has 1 aliphatic rings. The van der Waals surface area contributed by atoms with E-state index in [1.165, 1.54) is 29.5 Å². The number of halogens is 2. The van der Waals surface area contributed by atoms with E-state index in [0.29, 0.717) is 28.7 Å². The van der Waals surface area contributed by atoms with Crippen LogP contribution in [0.3, 0.4) is 0 Å². The summed E-state index contributed by atoms with van der Waals surface area (Å²) >= 11 is 7.18. The van der Waals surface area contributed by atoms with E-state index in [1.54, 1.807) is 0 Å². The Labute approximate surface area is 123 Å². The largest absolute Gasteiger partial charge is 0.481 e. The van der Waals surface area contributed by atoms with Crippen LogP contribution in [0.25, 0.3) is 0 Å². The first-order valence-electron chi connectivity index (χ1n) is 5.99. The Balaban J connectivity index is 1.88. The van der Waals surface area contributed by atoms with Gasteiger partial charge in [0.1, 0.15) is 11.7 Å². The number of hydrogen-bond acceptors (Lipinski definition) is 4. The number of carbonyl (C=O) groups is 1. The number of thiazole rings is 1. The van der Waals surface area contributed by atoms with Gasteiger partial charge >= 0.3 is 5.97 Å². The predicted molar refractivity (Wildman–Crippen MR) is 75.5 cm³/mol. The summed E-state index contributed by atoms with van der Waals surface area (Å²) in [5.74, 6) is -1.85. The molecular formula is C13H10ClFN2O2S. The third-order valence-corrected chi connectivity index (χ3v) is 4.47. The lowest BCUT2D eigenvalue weighted by Crippen LogP contribution is -2.08. The van der Waals surface area contributed by atoms with E-state index in [1.807, 2.05) is 0 Å². The van der Waals surface area contributed by atoms with E-state index < -0.39 is 17.7 Å². The lowest BCUT2D eigenvalue weighted by atomic mass is 10.1. The van der Waals surface area contributed by atoms with Crippen LogP contribution in [0.2, 0.25) is 5.02 Å². The second-order valence-electron chi connectivity index (χ2n) is 4.51. The molecule has 0 fully saturated rings. The standard InChI is InChI=1S/C13H10ClFN2O2S/c14-6-1-3-8(15)9(5-6)16-13-17-11-7(12(18)19)2-4-10(11)20-13/h1,3,5,7H,2,4H2,(H,16,17)(H,18,19). The summed E-state index contributed by atoms with van der Waals surface area (Å²) in [5, 5.41) is 12.9. The number of aromatic nitrogens is 1. The average Bonchev–Trinajstić information content (AvgIpc) is 2.92. The molecule has 1 aromatic carbocycles. The van der Waals surface area contributed by atoms with Gasteiger partial charge in [-0.15, -0.1) is 11.3 Å². The Bertz CT molecular complexity index is 689. The Hall–Kier alpha value is -1.66. The SMILES string of the molecule is O=C(O)C1CCc2sc(Nc3cc(Cl)ccc3F)nc21. The summed E-state index contributed by atoms with van der Waals surface area (Å²) < 4.78 is 13.6. The third-order valence-electron chi connectivity index (χ3n) is 3.19. The Kier molecular flexibility index (Phi) is 3.35. The minimum Gasteiger partial charge on any atom is -0.481 e. The Morgan fingerprint density at radius 1 is 1.55 bits per heavy atom. The number of hydrogen-bond donors (Lipinski definition) is 2. The molecule has 2 aromatic rings. The fraction of sp³-hybridized carbons (Fsp3) is 0.231. The molecule has 20 heavy (non-hydrogen) atoms. The van der Waals surface area contributed by atoms with Crippen LogP contribution in [0.1, 0.15) is 22.9 Å². The van der Waals surface area contributed by atoms with Gasteiger partial charge in [0.15, 0.2) is 5.13 Å². The molecule has 0 amide bonds. The third kappa shape index (κ3) is 2.36. The number of benzene rings is 1. The highest BCUT2D eigenvalue weighted by Crippen LogP contribution is 2.39. The van der Waals surface area contributed by atoms with Crippen LogP contribution in [-0.2, 0) is 11.2 Å². The normalized spacial score (nSPS) is 17.0. The van der Waals surface area contributed by atoms with Crippen LogP contribution in [0, 0.1) is 5.82 Å². The summed E-state index contributed by atoms with van der Waals surface area (Å²) in [6, 6.07) is 4.20. The molecular weight excluding hydrogens is 303 g/mol. The fourth-order valence-corrected chi connectivity index (χ4v) is 3.45. The van der Waals surface area contributed by atoms with Crippen LogP contribution in [0.4, 0.5) is 15.2 Å². The van der Waals surface area contributed by atoms with Crippen LogP contribution >= 0.6 is 22.9 Å². The predicted octanol–water partition coefficient (Wildman–Crippen LogP) is 3.79. The van der Waals surface area contributed by atoms with E-state index in [9.17, 15) is 9.18 Å². The average molecular weight is 313 g/mol. The van der Waals surface area contributed by atoms with Gasteiger partial charge in [0, 0.05) is 9.90 Å². The lowest BCUT2D eigenvalue weighted by molar-refractivity contribution is -0.138. The first kappa shape index (κ1) is 13.3. The van der Waals surface area contributed by atoms with Crippen LogP contribution in [0.5, 0.6) is 0 Å². The Morgan fingerprint density at radius 3 is 3.10 bits per heavy atom. The van der Waals surface area contributed by atoms with Crippen molar-refractivity contribution < 1.29 is 14.3 Å². The minimum absolute atomic E-state index is 0.233. The molecule has 0 bridgehead atoms. The number of aliphatic carboxylic acids is 1. The van der Waals surface area contributed by atoms with E-state index in [-0.39, 0.29) is 5.69 Å². The maximum Gasteiger partial charge on any atom is 0.312 e. The molecule has 0 radical (unpaired) electrons. The molecule has 1 unspecified atom stereocenters. The lowest BCUT2D eigenvalue weighted by Gasteiger charge is -2.05. The van der Waals surface area contributed by atoms with Crippen molar-refractivity contribution in [2.24, 2.45) is 0 Å². The molecule has 4 nitrogen and oxygen atoms in total. The van der Waals surface area contributed by atoms with E-state index in [2.05, 4.69) is 10.3 Å². The molecule has 7 heteroatoms. The second-order valence-corrected chi connectivity index (χ2v) is 6.03. The van der Waals surface area contributed by atoms with Gasteiger partial charge in [-0.25, -0.2) is 9.37 Å². The van der Waals surface area contributed by atoms with Crippen LogP contribution in [0.15, 0.2) is 18.2 Å². The monoisotopic (exact) mass is 312 g/mol. The molecule has 1 heterocycles. The number of aryl methyl sites for hydroxylation is 1. The maximum absolute atomic E-state index is 13.6. The van der Waals surface area contributed by atoms with Gasteiger partial charge in [0.2, 0.25) is 0 Å². The first-order chi connectivity index (χ1) is 9.54. The molecule has 1 aromatic heterocycles. The van der Waals surface area contributed by atoms with Crippen molar-refractivity contribution in [2.75, 3.05) is 5.32 Å². The highest BCUT2D eigenvalue weighted by Gasteiger charge is 2.32. The Morgan fingerprint density at radius 2 is 2.35 bits per heavy atom. The molecule has 1 atom stereocenters. The molecule has 104 valence electrons. The van der Waals surface area contributed by atoms with Crippen LogP contribution in [-0.4, -0.2) is 16.1 Å². The van der Waals surface area contributed by atoms with E-state index in [0.717, 1.165) is 4.88 Å². The van der Waals surface area contributed by atoms with Gasteiger partial charge in [-0.1, -0.05) is 11.6 Å². The maximum atomic E-state index is 13.6. The van der Waals surface area contributed by atoms with Crippen molar-refractivity contribution in [3.05, 3.63) is 39.6 Å². The van der Waals surface area contributed by atoms with E-state index in [4.69, 9.17) is 16.7 Å². The van der Waals surface area contributed by atoms with Gasteiger partial charge in [-0.3, -0.25) is 4.79 Å². The van der Waals surface area contributed by atoms with Gasteiger partial charge in [-0.05, 0) is 31.0 Å². The summed E-state index contributed by atoms with van der Waals surface area (Å²) in [7, 11) is 0. The summed E-state index contributed by atoms with van der Waals surface area (Å²) in [4.78, 5) is 16.3. The van der Waals surface area contributed by atoms with Gasteiger partial charge in [0.05, 0.1) is 11.4 Å². The van der Waals surface area contributed by atoms with Gasteiger partial charge < -0.3 is 10.4 Å². The van der Waals surface area contributed by atoms with Crippen molar-refractivity contribution in [2.45, 2.75) is 18.8 Å². The number of anilines is 2. The molecule has 1 aliphatic carbocycles. The fourth-order valence-electron chi connectivity index (χ4n) is 2.23. The second kappa shape index (κ2) is 5.03. The summed E-state index contributed by atoms with van der Waals surface area (Å²) in [5.41, 5.74) is 0.823. The molecule has 2 N–H and O–H groups in total. The molecule has 0 aliphatic heterocycles. The quantitative estimate of drug-likeness (QED) is 0.905. The zero-order valence-corrected chi connectivity index (χ0v) is 11.8. The zero-order valence-electron chi connectivity index (χ0n) is 10.2. The molecule has 0 saturated carbocycles. The van der Waals surface area contributed by atoms with Crippen molar-refractivity contribution in [3.63, 3.8) is 0 Å². The highest BCUT2D eigenvalue weighted by atomic mass is 35.5. The van der Waals surface area contributed by atoms with Crippen LogP contribution < -0.4 is 5.32 Å². The van der Waals surface area contributed by atoms with Crippen molar-refractivity contribution in [1.82, 2.24) is 4.98 Å². The smallest absolute Gasteiger partial charge is 0.312 e. The summed E-state index contributed by atoms with van der Waals surface area (Å²) in [6.07, 6.45) is 1.28. The summed E-state index contributed by atoms with van der Waals surface area (Å²) in [6.45, 7) is 0. The first-order valence-corrected chi connectivity index (χ1v) is 7.18. The highest BCUT2D eigenvalue weighted by molar-refractivity contribution is 7.15. The molecule has 0 saturated heterocycles. The van der Waals surface area contributed by atoms with E-state index >= 15 is 0 Å². The topological polar surface area (TPSA) is 62.2 Å². The van der Waals surface area contributed by atoms with Crippen molar-refractivity contribution in [3.8, 4) is 0 Å². The van der Waals surface area contributed by atoms with Gasteiger partial charge in [0.25, 0.3) is 0 Å². The van der Waals surface area contributed by atoms with Gasteiger partial charge in [-0.2, -0.15) is 0 Å². The zero-order chi connectivity index (χ0) is 14.3. The van der Waals surface area contributed by atoms with Crippen molar-refractivity contribution in [1.29, 1.82) is 0 Å². The molecule has 3 rings (SSSR count). The number of rotatable bonds is 3. The molecule has 0 spiro atoms. The number of carboxylic acids is 1. The number of carboxylic acid groups (broad SMARTS) is 1. The number of nitrogens with zero attached hydrogens (tertiary/aromatic N) is 1.